The van der Waals surface area contributed by atoms with Crippen LogP contribution in [-0.4, -0.2) is 50.8 Å². The number of amides is 1. The van der Waals surface area contributed by atoms with Crippen molar-refractivity contribution in [3.8, 4) is 0 Å². The minimum atomic E-state index is -4.05. The molecule has 1 fully saturated rings. The Morgan fingerprint density at radius 1 is 1.47 bits per heavy atom. The topological polar surface area (TPSA) is 82.1 Å². The van der Waals surface area contributed by atoms with Crippen molar-refractivity contribution in [3.05, 3.63) is 0 Å². The lowest BCUT2D eigenvalue weighted by atomic mass is 10.2. The molecule has 7 nitrogen and oxygen atoms in total. The van der Waals surface area contributed by atoms with Crippen molar-refractivity contribution < 1.29 is 26.9 Å². The molecule has 0 saturated carbocycles. The second kappa shape index (κ2) is 4.79. The molecule has 0 radical (unpaired) electrons. The summed E-state index contributed by atoms with van der Waals surface area (Å²) in [6, 6.07) is 0. The first-order valence-corrected chi connectivity index (χ1v) is 6.45. The second-order valence-corrected chi connectivity index (χ2v) is 6.13. The molecule has 1 heterocycles. The highest BCUT2D eigenvalue weighted by Gasteiger charge is 2.42. The normalized spacial score (nSPS) is 23.8. The number of hydrogen-bond donors (Lipinski definition) is 0. The molecule has 0 N–H and O–H groups in total. The number of nitrogens with zero attached hydrogens (tertiary/aromatic N) is 1. The van der Waals surface area contributed by atoms with Gasteiger partial charge in [-0.3, -0.25) is 0 Å². The van der Waals surface area contributed by atoms with Crippen molar-refractivity contribution in [2.24, 2.45) is 0 Å². The SMILES string of the molecule is COC[C@H]1CN(C(=O)OC(C)(C)C)S(=O)(=O)O1. The van der Waals surface area contributed by atoms with Gasteiger partial charge in [-0.25, -0.2) is 8.98 Å². The zero-order valence-corrected chi connectivity index (χ0v) is 11.1. The maximum Gasteiger partial charge on any atom is 0.425 e. The molecule has 1 atom stereocenters. The van der Waals surface area contributed by atoms with Crippen molar-refractivity contribution in [1.82, 2.24) is 4.31 Å². The Kier molecular flexibility index (Phi) is 4.00. The molecule has 1 saturated heterocycles. The Morgan fingerprint density at radius 2 is 2.06 bits per heavy atom. The van der Waals surface area contributed by atoms with Gasteiger partial charge in [-0.1, -0.05) is 0 Å². The smallest absolute Gasteiger partial charge is 0.425 e. The van der Waals surface area contributed by atoms with E-state index >= 15 is 0 Å². The van der Waals surface area contributed by atoms with Crippen LogP contribution in [0.25, 0.3) is 0 Å². The average molecular weight is 267 g/mol. The summed E-state index contributed by atoms with van der Waals surface area (Å²) in [5, 5.41) is 0. The molecule has 0 aromatic rings. The summed E-state index contributed by atoms with van der Waals surface area (Å²) >= 11 is 0. The van der Waals surface area contributed by atoms with Gasteiger partial charge in [-0.2, -0.15) is 12.7 Å². The van der Waals surface area contributed by atoms with Crippen LogP contribution in [0, 0.1) is 0 Å². The molecule has 1 aliphatic rings. The van der Waals surface area contributed by atoms with Crippen LogP contribution in [0.3, 0.4) is 0 Å². The molecule has 1 aliphatic heterocycles. The fraction of sp³-hybridized carbons (Fsp3) is 0.889. The summed E-state index contributed by atoms with van der Waals surface area (Å²) in [5.41, 5.74) is -0.758. The Hall–Kier alpha value is -0.860. The molecule has 17 heavy (non-hydrogen) atoms. The van der Waals surface area contributed by atoms with E-state index in [0.717, 1.165) is 0 Å². The van der Waals surface area contributed by atoms with Crippen molar-refractivity contribution in [2.45, 2.75) is 32.5 Å². The van der Waals surface area contributed by atoms with Gasteiger partial charge in [0, 0.05) is 7.11 Å². The Morgan fingerprint density at radius 3 is 2.53 bits per heavy atom. The van der Waals surface area contributed by atoms with Crippen LogP contribution in [0.5, 0.6) is 0 Å². The van der Waals surface area contributed by atoms with Gasteiger partial charge < -0.3 is 9.47 Å². The van der Waals surface area contributed by atoms with E-state index in [1.807, 2.05) is 0 Å². The molecule has 0 aliphatic carbocycles. The summed E-state index contributed by atoms with van der Waals surface area (Å²) in [4.78, 5) is 11.6. The fourth-order valence-corrected chi connectivity index (χ4v) is 2.41. The highest BCUT2D eigenvalue weighted by Crippen LogP contribution is 2.21. The van der Waals surface area contributed by atoms with E-state index in [1.165, 1.54) is 7.11 Å². The lowest BCUT2D eigenvalue weighted by molar-refractivity contribution is 0.0382. The predicted octanol–water partition coefficient (Wildman–Crippen LogP) is 0.514. The van der Waals surface area contributed by atoms with Gasteiger partial charge in [-0.15, -0.1) is 0 Å². The standard InChI is InChI=1S/C9H17NO6S/c1-9(2,3)15-8(11)10-5-7(6-14-4)16-17(10,12)13/h7H,5-6H2,1-4H3/t7-/m1/s1. The summed E-state index contributed by atoms with van der Waals surface area (Å²) in [5.74, 6) is 0. The van der Waals surface area contributed by atoms with Gasteiger partial charge in [0.2, 0.25) is 0 Å². The van der Waals surface area contributed by atoms with Crippen LogP contribution in [0.4, 0.5) is 4.79 Å². The molecule has 0 unspecified atom stereocenters. The summed E-state index contributed by atoms with van der Waals surface area (Å²) in [7, 11) is -2.63. The number of carbonyl (C=O) groups excluding carboxylic acids is 1. The Balaban J connectivity index is 2.74. The van der Waals surface area contributed by atoms with Crippen LogP contribution in [0.1, 0.15) is 20.8 Å². The van der Waals surface area contributed by atoms with Crippen LogP contribution >= 0.6 is 0 Å². The van der Waals surface area contributed by atoms with Crippen molar-refractivity contribution >= 4 is 16.4 Å². The summed E-state index contributed by atoms with van der Waals surface area (Å²) in [6.07, 6.45) is -1.62. The highest BCUT2D eigenvalue weighted by atomic mass is 32.2. The predicted molar refractivity (Wildman–Crippen MR) is 58.6 cm³/mol. The fourth-order valence-electron chi connectivity index (χ4n) is 1.28. The van der Waals surface area contributed by atoms with Gasteiger partial charge in [0.05, 0.1) is 13.2 Å². The Bertz CT molecular complexity index is 385. The molecule has 8 heteroatoms. The monoisotopic (exact) mass is 267 g/mol. The minimum Gasteiger partial charge on any atom is -0.443 e. The molecule has 1 amide bonds. The van der Waals surface area contributed by atoms with Gasteiger partial charge >= 0.3 is 16.4 Å². The van der Waals surface area contributed by atoms with Crippen LogP contribution in [-0.2, 0) is 24.0 Å². The number of methoxy groups -OCH3 is 1. The lowest BCUT2D eigenvalue weighted by Crippen LogP contribution is -2.38. The maximum absolute atomic E-state index is 11.6. The first-order chi connectivity index (χ1) is 7.65. The third-order valence-corrected chi connectivity index (χ3v) is 3.20. The third kappa shape index (κ3) is 3.83. The van der Waals surface area contributed by atoms with Crippen molar-refractivity contribution in [3.63, 3.8) is 0 Å². The third-order valence-electron chi connectivity index (χ3n) is 1.85. The van der Waals surface area contributed by atoms with Gasteiger partial charge in [0.15, 0.2) is 0 Å². The summed E-state index contributed by atoms with van der Waals surface area (Å²) < 4.78 is 38.1. The number of hydrogen-bond acceptors (Lipinski definition) is 6. The first-order valence-electron chi connectivity index (χ1n) is 5.08. The molecular weight excluding hydrogens is 250 g/mol. The largest absolute Gasteiger partial charge is 0.443 e. The van der Waals surface area contributed by atoms with E-state index < -0.39 is 28.1 Å². The van der Waals surface area contributed by atoms with Crippen molar-refractivity contribution in [2.75, 3.05) is 20.3 Å². The molecule has 0 aromatic carbocycles. The highest BCUT2D eigenvalue weighted by molar-refractivity contribution is 7.85. The van der Waals surface area contributed by atoms with E-state index in [1.54, 1.807) is 20.8 Å². The van der Waals surface area contributed by atoms with Crippen LogP contribution < -0.4 is 0 Å². The van der Waals surface area contributed by atoms with Gasteiger partial charge in [-0.05, 0) is 20.8 Å². The quantitative estimate of drug-likeness (QED) is 0.725. The minimum absolute atomic E-state index is 0.0922. The zero-order chi connectivity index (χ0) is 13.3. The molecule has 100 valence electrons. The average Bonchev–Trinajstić information content (AvgIpc) is 2.38. The van der Waals surface area contributed by atoms with Crippen molar-refractivity contribution in [1.29, 1.82) is 0 Å². The van der Waals surface area contributed by atoms with E-state index in [-0.39, 0.29) is 13.2 Å². The molecule has 0 aromatic heterocycles. The molecule has 0 bridgehead atoms. The second-order valence-electron chi connectivity index (χ2n) is 4.64. The lowest BCUT2D eigenvalue weighted by Gasteiger charge is -2.22. The van der Waals surface area contributed by atoms with E-state index in [4.69, 9.17) is 13.7 Å². The van der Waals surface area contributed by atoms with Gasteiger partial charge in [0.1, 0.15) is 11.7 Å². The number of carbonyl (C=O) groups is 1. The molecule has 0 spiro atoms. The molecule has 1 rings (SSSR count). The molecular formula is C9H17NO6S. The number of rotatable bonds is 2. The van der Waals surface area contributed by atoms with Crippen LogP contribution in [0.2, 0.25) is 0 Å². The number of ether oxygens (including phenoxy) is 2. The van der Waals surface area contributed by atoms with E-state index in [2.05, 4.69) is 0 Å². The van der Waals surface area contributed by atoms with E-state index in [0.29, 0.717) is 4.31 Å². The van der Waals surface area contributed by atoms with Crippen LogP contribution in [0.15, 0.2) is 0 Å². The van der Waals surface area contributed by atoms with Gasteiger partial charge in [0.25, 0.3) is 0 Å². The zero-order valence-electron chi connectivity index (χ0n) is 10.3. The van der Waals surface area contributed by atoms with E-state index in [9.17, 15) is 13.2 Å². The first kappa shape index (κ1) is 14.2. The Labute approximate surface area is 101 Å². The summed E-state index contributed by atoms with van der Waals surface area (Å²) in [6.45, 7) is 4.97. The maximum atomic E-state index is 11.6.